The molecule has 0 aromatic heterocycles. The maximum absolute atomic E-state index is 12.7. The SMILES string of the molecule is CC/C=C/C/C=C/C/C=C/CCCCCCCCCCCC(=O)OC(COCCC(C(=O)[O-])[N+](C)(C)C)COC(=O)CCCCCCCCCC. The summed E-state index contributed by atoms with van der Waals surface area (Å²) in [5.41, 5.74) is 0. The normalized spacial score (nSPS) is 13.4. The summed E-state index contributed by atoms with van der Waals surface area (Å²) in [4.78, 5) is 36.6. The second-order valence-electron chi connectivity index (χ2n) is 14.8. The summed E-state index contributed by atoms with van der Waals surface area (Å²) in [6, 6.07) is -0.723. The van der Waals surface area contributed by atoms with E-state index in [1.807, 2.05) is 0 Å². The Bertz CT molecular complexity index is 937. The first kappa shape index (κ1) is 48.5. The lowest BCUT2D eigenvalue weighted by Crippen LogP contribution is -2.55. The maximum atomic E-state index is 12.7. The van der Waals surface area contributed by atoms with E-state index in [0.717, 1.165) is 64.2 Å². The van der Waals surface area contributed by atoms with E-state index in [0.29, 0.717) is 12.8 Å². The zero-order valence-electron chi connectivity index (χ0n) is 33.5. The van der Waals surface area contributed by atoms with Crippen LogP contribution in [0.3, 0.4) is 0 Å². The van der Waals surface area contributed by atoms with E-state index >= 15 is 0 Å². The predicted octanol–water partition coefficient (Wildman–Crippen LogP) is 9.35. The van der Waals surface area contributed by atoms with Gasteiger partial charge < -0.3 is 28.6 Å². The molecular formula is C43H77NO7. The van der Waals surface area contributed by atoms with Crippen LogP contribution in [0.15, 0.2) is 36.5 Å². The van der Waals surface area contributed by atoms with Crippen molar-refractivity contribution < 1.29 is 38.2 Å². The number of carbonyl (C=O) groups excluding carboxylic acids is 3. The first-order valence-corrected chi connectivity index (χ1v) is 20.5. The minimum absolute atomic E-state index is 0.0402. The molecule has 2 unspecified atom stereocenters. The summed E-state index contributed by atoms with van der Waals surface area (Å²) < 4.78 is 17.1. The minimum Gasteiger partial charge on any atom is -0.544 e. The van der Waals surface area contributed by atoms with E-state index in [9.17, 15) is 19.5 Å². The number of esters is 2. The van der Waals surface area contributed by atoms with Crippen molar-refractivity contribution in [1.82, 2.24) is 0 Å². The number of unbranched alkanes of at least 4 members (excludes halogenated alkanes) is 16. The van der Waals surface area contributed by atoms with Crippen LogP contribution in [-0.4, -0.2) is 75.5 Å². The lowest BCUT2D eigenvalue weighted by atomic mass is 10.1. The Labute approximate surface area is 313 Å². The van der Waals surface area contributed by atoms with Crippen molar-refractivity contribution in [1.29, 1.82) is 0 Å². The molecule has 0 rings (SSSR count). The molecule has 0 saturated carbocycles. The molecule has 0 aliphatic rings. The van der Waals surface area contributed by atoms with E-state index in [1.54, 1.807) is 21.1 Å². The largest absolute Gasteiger partial charge is 0.544 e. The van der Waals surface area contributed by atoms with E-state index in [2.05, 4.69) is 50.3 Å². The van der Waals surface area contributed by atoms with Gasteiger partial charge in [-0.1, -0.05) is 140 Å². The molecule has 0 bridgehead atoms. The number of likely N-dealkylation sites (N-methyl/N-ethyl adjacent to an activating group) is 1. The van der Waals surface area contributed by atoms with E-state index in [1.165, 1.54) is 70.6 Å². The van der Waals surface area contributed by atoms with Crippen molar-refractivity contribution in [2.24, 2.45) is 0 Å². The number of rotatable bonds is 36. The number of carbonyl (C=O) groups is 3. The standard InChI is InChI=1S/C43H77NO7/c1-6-8-10-12-14-16-17-18-19-20-21-22-23-24-25-26-28-30-32-34-42(46)51-39(37-49-36-35-40(43(47)48)44(3,4)5)38-50-41(45)33-31-29-27-15-13-11-9-7-2/h8,10,14,16,18-19,39-40H,6-7,9,11-13,15,17,20-38H2,1-5H3/b10-8+,16-14+,19-18+. The zero-order chi connectivity index (χ0) is 37.8. The van der Waals surface area contributed by atoms with Crippen LogP contribution in [0.5, 0.6) is 0 Å². The van der Waals surface area contributed by atoms with Crippen molar-refractivity contribution in [3.8, 4) is 0 Å². The smallest absolute Gasteiger partial charge is 0.306 e. The predicted molar refractivity (Wildman–Crippen MR) is 208 cm³/mol. The number of quaternary nitrogens is 1. The van der Waals surface area contributed by atoms with Crippen molar-refractivity contribution in [3.63, 3.8) is 0 Å². The third-order valence-corrected chi connectivity index (χ3v) is 9.04. The topological polar surface area (TPSA) is 102 Å². The van der Waals surface area contributed by atoms with Gasteiger partial charge in [-0.15, -0.1) is 0 Å². The van der Waals surface area contributed by atoms with Crippen LogP contribution < -0.4 is 5.11 Å². The van der Waals surface area contributed by atoms with Crippen molar-refractivity contribution in [3.05, 3.63) is 36.5 Å². The number of aliphatic carboxylic acids is 1. The summed E-state index contributed by atoms with van der Waals surface area (Å²) in [6.07, 6.45) is 37.4. The Hall–Kier alpha value is -2.45. The molecule has 0 amide bonds. The van der Waals surface area contributed by atoms with Crippen LogP contribution in [0.4, 0.5) is 0 Å². The van der Waals surface area contributed by atoms with Gasteiger partial charge in [0.05, 0.1) is 40.3 Å². The molecule has 8 nitrogen and oxygen atoms in total. The first-order chi connectivity index (χ1) is 24.6. The monoisotopic (exact) mass is 720 g/mol. The average Bonchev–Trinajstić information content (AvgIpc) is 3.08. The van der Waals surface area contributed by atoms with Crippen LogP contribution in [0.25, 0.3) is 0 Å². The fourth-order valence-corrected chi connectivity index (χ4v) is 5.85. The zero-order valence-corrected chi connectivity index (χ0v) is 33.5. The molecule has 0 aliphatic carbocycles. The third-order valence-electron chi connectivity index (χ3n) is 9.04. The van der Waals surface area contributed by atoms with Gasteiger partial charge in [-0.3, -0.25) is 9.59 Å². The number of hydrogen-bond donors (Lipinski definition) is 0. The number of carboxylic acid groups (broad SMARTS) is 1. The molecule has 296 valence electrons. The molecule has 0 N–H and O–H groups in total. The van der Waals surface area contributed by atoms with Gasteiger partial charge >= 0.3 is 11.9 Å². The molecular weight excluding hydrogens is 642 g/mol. The molecule has 0 aromatic rings. The van der Waals surface area contributed by atoms with Gasteiger partial charge in [-0.2, -0.15) is 0 Å². The van der Waals surface area contributed by atoms with E-state index < -0.39 is 18.1 Å². The third kappa shape index (κ3) is 33.2. The summed E-state index contributed by atoms with van der Waals surface area (Å²) in [7, 11) is 5.39. The molecule has 0 aliphatic heterocycles. The first-order valence-electron chi connectivity index (χ1n) is 20.5. The molecule has 0 spiro atoms. The highest BCUT2D eigenvalue weighted by Crippen LogP contribution is 2.14. The van der Waals surface area contributed by atoms with Gasteiger partial charge in [0.15, 0.2) is 6.10 Å². The Morgan fingerprint density at radius 3 is 1.63 bits per heavy atom. The number of carboxylic acids is 1. The van der Waals surface area contributed by atoms with Crippen LogP contribution in [0.1, 0.15) is 168 Å². The lowest BCUT2D eigenvalue weighted by Gasteiger charge is -2.34. The van der Waals surface area contributed by atoms with Crippen LogP contribution in [-0.2, 0) is 28.6 Å². The fourth-order valence-electron chi connectivity index (χ4n) is 5.85. The van der Waals surface area contributed by atoms with Crippen LogP contribution in [0.2, 0.25) is 0 Å². The lowest BCUT2D eigenvalue weighted by molar-refractivity contribution is -0.889. The van der Waals surface area contributed by atoms with Gasteiger partial charge in [-0.05, 0) is 44.9 Å². The van der Waals surface area contributed by atoms with Crippen molar-refractivity contribution >= 4 is 17.9 Å². The highest BCUT2D eigenvalue weighted by atomic mass is 16.6. The van der Waals surface area contributed by atoms with Gasteiger partial charge in [0, 0.05) is 19.3 Å². The highest BCUT2D eigenvalue weighted by Gasteiger charge is 2.25. The number of ether oxygens (including phenoxy) is 3. The van der Waals surface area contributed by atoms with Gasteiger partial charge in [0.2, 0.25) is 0 Å². The number of allylic oxidation sites excluding steroid dienone is 6. The minimum atomic E-state index is -1.13. The summed E-state index contributed by atoms with van der Waals surface area (Å²) in [5.74, 6) is -1.75. The highest BCUT2D eigenvalue weighted by molar-refractivity contribution is 5.70. The van der Waals surface area contributed by atoms with Crippen LogP contribution in [0, 0.1) is 0 Å². The average molecular weight is 720 g/mol. The number of nitrogens with zero attached hydrogens (tertiary/aromatic N) is 1. The van der Waals surface area contributed by atoms with E-state index in [-0.39, 0.29) is 42.7 Å². The molecule has 0 fully saturated rings. The van der Waals surface area contributed by atoms with Gasteiger partial charge in [0.25, 0.3) is 0 Å². The number of hydrogen-bond acceptors (Lipinski definition) is 7. The summed E-state index contributed by atoms with van der Waals surface area (Å²) in [5, 5.41) is 11.6. The molecule has 0 aromatic carbocycles. The Balaban J connectivity index is 4.29. The quantitative estimate of drug-likeness (QED) is 0.0275. The Morgan fingerprint density at radius 1 is 0.608 bits per heavy atom. The second-order valence-corrected chi connectivity index (χ2v) is 14.8. The second kappa shape index (κ2) is 34.6. The summed E-state index contributed by atoms with van der Waals surface area (Å²) >= 11 is 0. The Morgan fingerprint density at radius 2 is 1.10 bits per heavy atom. The molecule has 0 saturated heterocycles. The Kier molecular flexibility index (Phi) is 33.0. The molecule has 8 heteroatoms. The fraction of sp³-hybridized carbons (Fsp3) is 0.791. The maximum Gasteiger partial charge on any atom is 0.306 e. The van der Waals surface area contributed by atoms with Gasteiger partial charge in [0.1, 0.15) is 12.6 Å². The van der Waals surface area contributed by atoms with E-state index in [4.69, 9.17) is 14.2 Å². The van der Waals surface area contributed by atoms with Crippen molar-refractivity contribution in [2.45, 2.75) is 180 Å². The molecule has 51 heavy (non-hydrogen) atoms. The van der Waals surface area contributed by atoms with Crippen molar-refractivity contribution in [2.75, 3.05) is 41.0 Å². The summed E-state index contributed by atoms with van der Waals surface area (Å²) in [6.45, 7) is 4.51. The molecule has 0 heterocycles. The molecule has 2 atom stereocenters. The van der Waals surface area contributed by atoms with Crippen LogP contribution >= 0.6 is 0 Å². The molecule has 0 radical (unpaired) electrons. The van der Waals surface area contributed by atoms with Gasteiger partial charge in [-0.25, -0.2) is 0 Å².